The van der Waals surface area contributed by atoms with Crippen LogP contribution in [0.4, 0.5) is 0 Å². The third-order valence-corrected chi connectivity index (χ3v) is 2.76. The fourth-order valence-corrected chi connectivity index (χ4v) is 1.92. The van der Waals surface area contributed by atoms with Crippen molar-refractivity contribution in [2.24, 2.45) is 0 Å². The van der Waals surface area contributed by atoms with Crippen molar-refractivity contribution < 1.29 is 4.74 Å². The highest BCUT2D eigenvalue weighted by Gasteiger charge is 2.05. The molecule has 0 amide bonds. The molecule has 0 radical (unpaired) electrons. The number of benzene rings is 1. The minimum atomic E-state index is 0.341. The van der Waals surface area contributed by atoms with Gasteiger partial charge in [0.05, 0.1) is 16.7 Å². The van der Waals surface area contributed by atoms with E-state index in [1.54, 1.807) is 24.3 Å². The molecule has 1 aromatic heterocycles. The third kappa shape index (κ3) is 2.96. The number of hydrogen-bond donors (Lipinski definition) is 0. The molecule has 0 N–H and O–H groups in total. The molecule has 0 bridgehead atoms. The van der Waals surface area contributed by atoms with Gasteiger partial charge in [0.15, 0.2) is 0 Å². The van der Waals surface area contributed by atoms with Gasteiger partial charge in [-0.1, -0.05) is 27.5 Å². The molecule has 0 atom stereocenters. The van der Waals surface area contributed by atoms with Gasteiger partial charge >= 0.3 is 0 Å². The van der Waals surface area contributed by atoms with Gasteiger partial charge in [-0.15, -0.1) is 0 Å². The Labute approximate surface area is 112 Å². The van der Waals surface area contributed by atoms with Crippen molar-refractivity contribution in [3.63, 3.8) is 0 Å². The summed E-state index contributed by atoms with van der Waals surface area (Å²) in [7, 11) is 0. The fourth-order valence-electron chi connectivity index (χ4n) is 1.21. The smallest absolute Gasteiger partial charge is 0.220 e. The molecule has 5 heteroatoms. The van der Waals surface area contributed by atoms with E-state index in [-0.39, 0.29) is 0 Å². The summed E-state index contributed by atoms with van der Waals surface area (Å²) in [6.45, 7) is 0. The van der Waals surface area contributed by atoms with Gasteiger partial charge in [0.1, 0.15) is 5.75 Å². The van der Waals surface area contributed by atoms with Gasteiger partial charge in [0, 0.05) is 16.7 Å². The second-order valence-electron chi connectivity index (χ2n) is 3.17. The summed E-state index contributed by atoms with van der Waals surface area (Å²) in [5.74, 6) is 0.839. The van der Waals surface area contributed by atoms with E-state index in [0.717, 1.165) is 4.47 Å². The summed E-state index contributed by atoms with van der Waals surface area (Å²) < 4.78 is 6.36. The maximum atomic E-state index is 8.75. The van der Waals surface area contributed by atoms with E-state index in [1.807, 2.05) is 12.1 Å². The monoisotopic (exact) mass is 308 g/mol. The van der Waals surface area contributed by atoms with Crippen LogP contribution in [0.5, 0.6) is 11.6 Å². The highest BCUT2D eigenvalue weighted by Crippen LogP contribution is 2.30. The molecule has 0 aliphatic carbocycles. The topological polar surface area (TPSA) is 45.9 Å². The molecule has 1 aromatic carbocycles. The molecular formula is C12H6BrClN2O. The Morgan fingerprint density at radius 2 is 2.12 bits per heavy atom. The highest BCUT2D eigenvalue weighted by molar-refractivity contribution is 9.10. The zero-order chi connectivity index (χ0) is 12.3. The molecule has 0 unspecified atom stereocenters. The van der Waals surface area contributed by atoms with E-state index in [9.17, 15) is 0 Å². The molecule has 17 heavy (non-hydrogen) atoms. The van der Waals surface area contributed by atoms with E-state index in [4.69, 9.17) is 21.6 Å². The molecule has 0 saturated carbocycles. The Morgan fingerprint density at radius 1 is 1.29 bits per heavy atom. The number of rotatable bonds is 2. The normalized spacial score (nSPS) is 9.71. The Balaban J connectivity index is 2.28. The first-order valence-electron chi connectivity index (χ1n) is 4.68. The van der Waals surface area contributed by atoms with E-state index < -0.39 is 0 Å². The largest absolute Gasteiger partial charge is 0.437 e. The Morgan fingerprint density at radius 3 is 2.82 bits per heavy atom. The van der Waals surface area contributed by atoms with Gasteiger partial charge in [0.2, 0.25) is 5.88 Å². The van der Waals surface area contributed by atoms with Crippen LogP contribution >= 0.6 is 27.5 Å². The predicted octanol–water partition coefficient (Wildman–Crippen LogP) is 4.16. The number of pyridine rings is 1. The summed E-state index contributed by atoms with van der Waals surface area (Å²) in [5, 5.41) is 9.23. The average molecular weight is 310 g/mol. The van der Waals surface area contributed by atoms with Crippen LogP contribution < -0.4 is 4.74 Å². The summed E-state index contributed by atoms with van der Waals surface area (Å²) >= 11 is 9.31. The van der Waals surface area contributed by atoms with Gasteiger partial charge in [0.25, 0.3) is 0 Å². The lowest BCUT2D eigenvalue weighted by Gasteiger charge is -2.06. The van der Waals surface area contributed by atoms with Gasteiger partial charge in [-0.3, -0.25) is 0 Å². The van der Waals surface area contributed by atoms with Crippen molar-refractivity contribution in [2.75, 3.05) is 0 Å². The SMILES string of the molecule is N#Cc1ccnc(Oc2ccc(Br)cc2Cl)c1. The third-order valence-electron chi connectivity index (χ3n) is 1.97. The average Bonchev–Trinajstić information content (AvgIpc) is 2.33. The van der Waals surface area contributed by atoms with Gasteiger partial charge < -0.3 is 4.74 Å². The van der Waals surface area contributed by atoms with Gasteiger partial charge in [-0.25, -0.2) is 4.98 Å². The number of ether oxygens (including phenoxy) is 1. The first kappa shape index (κ1) is 11.9. The molecule has 0 fully saturated rings. The van der Waals surface area contributed by atoms with Crippen molar-refractivity contribution in [1.29, 1.82) is 5.26 Å². The minimum Gasteiger partial charge on any atom is -0.437 e. The molecule has 2 rings (SSSR count). The van der Waals surface area contributed by atoms with Gasteiger partial charge in [-0.2, -0.15) is 5.26 Å². The van der Waals surface area contributed by atoms with Crippen LogP contribution in [-0.2, 0) is 0 Å². The van der Waals surface area contributed by atoms with Crippen LogP contribution in [0.3, 0.4) is 0 Å². The van der Waals surface area contributed by atoms with Crippen LogP contribution in [0.25, 0.3) is 0 Å². The number of nitriles is 1. The fraction of sp³-hybridized carbons (Fsp3) is 0. The highest BCUT2D eigenvalue weighted by atomic mass is 79.9. The first-order chi connectivity index (χ1) is 8.19. The molecule has 0 aliphatic heterocycles. The van der Waals surface area contributed by atoms with Crippen molar-refractivity contribution in [1.82, 2.24) is 4.98 Å². The van der Waals surface area contributed by atoms with E-state index in [0.29, 0.717) is 22.2 Å². The quantitative estimate of drug-likeness (QED) is 0.836. The predicted molar refractivity (Wildman–Crippen MR) is 68.2 cm³/mol. The summed E-state index contributed by atoms with van der Waals surface area (Å²) in [6.07, 6.45) is 1.51. The lowest BCUT2D eigenvalue weighted by molar-refractivity contribution is 0.463. The number of nitrogens with zero attached hydrogens (tertiary/aromatic N) is 2. The van der Waals surface area contributed by atoms with Gasteiger partial charge in [-0.05, 0) is 24.3 Å². The number of aromatic nitrogens is 1. The van der Waals surface area contributed by atoms with Crippen molar-refractivity contribution >= 4 is 27.5 Å². The van der Waals surface area contributed by atoms with Crippen LogP contribution in [0, 0.1) is 11.3 Å². The molecule has 0 spiro atoms. The summed E-state index contributed by atoms with van der Waals surface area (Å²) in [4.78, 5) is 4.00. The maximum Gasteiger partial charge on any atom is 0.220 e. The first-order valence-corrected chi connectivity index (χ1v) is 5.85. The number of halogens is 2. The molecule has 3 nitrogen and oxygen atoms in total. The van der Waals surface area contributed by atoms with E-state index in [2.05, 4.69) is 20.9 Å². The maximum absolute atomic E-state index is 8.75. The van der Waals surface area contributed by atoms with Crippen LogP contribution in [-0.4, -0.2) is 4.98 Å². The van der Waals surface area contributed by atoms with Crippen molar-refractivity contribution in [2.45, 2.75) is 0 Å². The molecule has 2 aromatic rings. The lowest BCUT2D eigenvalue weighted by Crippen LogP contribution is -1.89. The standard InChI is InChI=1S/C12H6BrClN2O/c13-9-1-2-11(10(14)6-9)17-12-5-8(7-15)3-4-16-12/h1-6H. The van der Waals surface area contributed by atoms with E-state index in [1.165, 1.54) is 6.20 Å². The molecule has 1 heterocycles. The van der Waals surface area contributed by atoms with Crippen LogP contribution in [0.1, 0.15) is 5.56 Å². The Hall–Kier alpha value is -1.57. The minimum absolute atomic E-state index is 0.341. The lowest BCUT2D eigenvalue weighted by atomic mass is 10.3. The summed E-state index contributed by atoms with van der Waals surface area (Å²) in [5.41, 5.74) is 0.489. The summed E-state index contributed by atoms with van der Waals surface area (Å²) in [6, 6.07) is 10.4. The van der Waals surface area contributed by atoms with E-state index >= 15 is 0 Å². The second kappa shape index (κ2) is 5.17. The zero-order valence-electron chi connectivity index (χ0n) is 8.52. The second-order valence-corrected chi connectivity index (χ2v) is 4.49. The van der Waals surface area contributed by atoms with Crippen molar-refractivity contribution in [3.05, 3.63) is 51.6 Å². The Bertz CT molecular complexity index is 595. The molecule has 0 saturated heterocycles. The zero-order valence-corrected chi connectivity index (χ0v) is 10.9. The van der Waals surface area contributed by atoms with Crippen LogP contribution in [0.15, 0.2) is 41.0 Å². The van der Waals surface area contributed by atoms with Crippen molar-refractivity contribution in [3.8, 4) is 17.7 Å². The number of hydrogen-bond acceptors (Lipinski definition) is 3. The Kier molecular flexibility index (Phi) is 3.62. The molecular weight excluding hydrogens is 304 g/mol. The molecule has 84 valence electrons. The van der Waals surface area contributed by atoms with Crippen LogP contribution in [0.2, 0.25) is 5.02 Å². The molecule has 0 aliphatic rings.